The zero-order valence-electron chi connectivity index (χ0n) is 13.6. The number of carbonyl (C=O) groups excluding carboxylic acids is 2. The van der Waals surface area contributed by atoms with Gasteiger partial charge in [0.2, 0.25) is 5.91 Å². The van der Waals surface area contributed by atoms with Gasteiger partial charge in [0.15, 0.2) is 0 Å². The van der Waals surface area contributed by atoms with E-state index in [1.165, 1.54) is 0 Å². The van der Waals surface area contributed by atoms with Crippen LogP contribution in [0.3, 0.4) is 0 Å². The Morgan fingerprint density at radius 2 is 2.00 bits per heavy atom. The van der Waals surface area contributed by atoms with Gasteiger partial charge in [-0.3, -0.25) is 14.5 Å². The van der Waals surface area contributed by atoms with Gasteiger partial charge in [-0.05, 0) is 17.7 Å². The van der Waals surface area contributed by atoms with Crippen molar-refractivity contribution in [3.05, 3.63) is 35.4 Å². The van der Waals surface area contributed by atoms with E-state index in [9.17, 15) is 9.59 Å². The Labute approximate surface area is 137 Å². The van der Waals surface area contributed by atoms with E-state index in [-0.39, 0.29) is 11.8 Å². The van der Waals surface area contributed by atoms with Crippen LogP contribution in [0, 0.1) is 0 Å². The molecule has 0 bridgehead atoms. The second-order valence-electron chi connectivity index (χ2n) is 5.54. The van der Waals surface area contributed by atoms with Crippen molar-refractivity contribution in [2.24, 2.45) is 0 Å². The molecule has 0 saturated carbocycles. The summed E-state index contributed by atoms with van der Waals surface area (Å²) in [6, 6.07) is 7.35. The number of carbonyl (C=O) groups is 2. The SMILES string of the molecule is CCC(=O)NCc1cccc(C(=O)NCCN2CCOCC2)c1. The number of nitrogens with one attached hydrogen (secondary N) is 2. The molecule has 0 radical (unpaired) electrons. The molecule has 2 rings (SSSR count). The zero-order valence-corrected chi connectivity index (χ0v) is 13.6. The van der Waals surface area contributed by atoms with E-state index in [0.717, 1.165) is 38.4 Å². The van der Waals surface area contributed by atoms with Crippen LogP contribution in [-0.2, 0) is 16.1 Å². The van der Waals surface area contributed by atoms with Crippen molar-refractivity contribution in [3.63, 3.8) is 0 Å². The molecule has 0 aromatic heterocycles. The van der Waals surface area contributed by atoms with E-state index in [0.29, 0.717) is 25.1 Å². The molecule has 6 nitrogen and oxygen atoms in total. The summed E-state index contributed by atoms with van der Waals surface area (Å²) in [5.74, 6) is -0.0766. The van der Waals surface area contributed by atoms with Crippen LogP contribution in [0.25, 0.3) is 0 Å². The third kappa shape index (κ3) is 6.00. The second kappa shape index (κ2) is 9.27. The molecule has 1 heterocycles. The lowest BCUT2D eigenvalue weighted by Gasteiger charge is -2.26. The molecule has 2 amide bonds. The minimum absolute atomic E-state index is 0.00497. The van der Waals surface area contributed by atoms with E-state index >= 15 is 0 Å². The van der Waals surface area contributed by atoms with Crippen molar-refractivity contribution in [1.29, 1.82) is 0 Å². The Bertz CT molecular complexity index is 528. The first kappa shape index (κ1) is 17.4. The Balaban J connectivity index is 1.78. The molecule has 0 spiro atoms. The molecule has 23 heavy (non-hydrogen) atoms. The predicted molar refractivity (Wildman–Crippen MR) is 88.2 cm³/mol. The van der Waals surface area contributed by atoms with Gasteiger partial charge in [0, 0.05) is 44.7 Å². The summed E-state index contributed by atoms with van der Waals surface area (Å²) in [4.78, 5) is 25.8. The summed E-state index contributed by atoms with van der Waals surface area (Å²) in [6.07, 6.45) is 0.460. The lowest BCUT2D eigenvalue weighted by molar-refractivity contribution is -0.120. The van der Waals surface area contributed by atoms with Crippen LogP contribution in [-0.4, -0.2) is 56.1 Å². The molecule has 6 heteroatoms. The number of nitrogens with zero attached hydrogens (tertiary/aromatic N) is 1. The highest BCUT2D eigenvalue weighted by Gasteiger charge is 2.11. The minimum Gasteiger partial charge on any atom is -0.379 e. The van der Waals surface area contributed by atoms with Crippen LogP contribution in [0.15, 0.2) is 24.3 Å². The van der Waals surface area contributed by atoms with Crippen LogP contribution < -0.4 is 10.6 Å². The molecule has 1 aromatic carbocycles. The fourth-order valence-electron chi connectivity index (χ4n) is 2.40. The van der Waals surface area contributed by atoms with Gasteiger partial charge in [-0.1, -0.05) is 19.1 Å². The molecular formula is C17H25N3O3. The second-order valence-corrected chi connectivity index (χ2v) is 5.54. The van der Waals surface area contributed by atoms with Crippen LogP contribution in [0.1, 0.15) is 29.3 Å². The number of hydrogen-bond acceptors (Lipinski definition) is 4. The third-order valence-corrected chi connectivity index (χ3v) is 3.82. The van der Waals surface area contributed by atoms with E-state index in [1.807, 2.05) is 25.1 Å². The molecule has 1 saturated heterocycles. The summed E-state index contributed by atoms with van der Waals surface area (Å²) in [5, 5.41) is 5.75. The van der Waals surface area contributed by atoms with Gasteiger partial charge in [-0.15, -0.1) is 0 Å². The van der Waals surface area contributed by atoms with E-state index in [4.69, 9.17) is 4.74 Å². The van der Waals surface area contributed by atoms with Crippen molar-refractivity contribution >= 4 is 11.8 Å². The van der Waals surface area contributed by atoms with Crippen LogP contribution >= 0.6 is 0 Å². The first-order chi connectivity index (χ1) is 11.2. The summed E-state index contributed by atoms with van der Waals surface area (Å²) >= 11 is 0. The predicted octanol–water partition coefficient (Wildman–Crippen LogP) is 0.775. The topological polar surface area (TPSA) is 70.7 Å². The molecule has 0 unspecified atom stereocenters. The smallest absolute Gasteiger partial charge is 0.251 e. The lowest BCUT2D eigenvalue weighted by Crippen LogP contribution is -2.41. The first-order valence-corrected chi connectivity index (χ1v) is 8.13. The fraction of sp³-hybridized carbons (Fsp3) is 0.529. The molecule has 1 aliphatic heterocycles. The third-order valence-electron chi connectivity index (χ3n) is 3.82. The number of hydrogen-bond donors (Lipinski definition) is 2. The van der Waals surface area contributed by atoms with Gasteiger partial charge in [0.05, 0.1) is 13.2 Å². The lowest BCUT2D eigenvalue weighted by atomic mass is 10.1. The van der Waals surface area contributed by atoms with Crippen LogP contribution in [0.5, 0.6) is 0 Å². The number of morpholine rings is 1. The van der Waals surface area contributed by atoms with Crippen molar-refractivity contribution < 1.29 is 14.3 Å². The van der Waals surface area contributed by atoms with Gasteiger partial charge < -0.3 is 15.4 Å². The Morgan fingerprint density at radius 1 is 1.22 bits per heavy atom. The summed E-state index contributed by atoms with van der Waals surface area (Å²) in [5.41, 5.74) is 1.54. The number of rotatable bonds is 7. The van der Waals surface area contributed by atoms with E-state index < -0.39 is 0 Å². The van der Waals surface area contributed by atoms with Crippen molar-refractivity contribution in [2.45, 2.75) is 19.9 Å². The highest BCUT2D eigenvalue weighted by Crippen LogP contribution is 2.05. The minimum atomic E-state index is -0.0815. The largest absolute Gasteiger partial charge is 0.379 e. The molecular weight excluding hydrogens is 294 g/mol. The first-order valence-electron chi connectivity index (χ1n) is 8.13. The zero-order chi connectivity index (χ0) is 16.5. The highest BCUT2D eigenvalue weighted by atomic mass is 16.5. The summed E-state index contributed by atoms with van der Waals surface area (Å²) in [6.45, 7) is 7.08. The number of amides is 2. The molecule has 1 fully saturated rings. The number of ether oxygens (including phenoxy) is 1. The molecule has 1 aromatic rings. The maximum absolute atomic E-state index is 12.2. The average Bonchev–Trinajstić information content (AvgIpc) is 2.60. The van der Waals surface area contributed by atoms with Gasteiger partial charge in [-0.2, -0.15) is 0 Å². The summed E-state index contributed by atoms with van der Waals surface area (Å²) in [7, 11) is 0. The average molecular weight is 319 g/mol. The fourth-order valence-corrected chi connectivity index (χ4v) is 2.40. The van der Waals surface area contributed by atoms with Crippen molar-refractivity contribution in [1.82, 2.24) is 15.5 Å². The van der Waals surface area contributed by atoms with E-state index in [1.54, 1.807) is 6.07 Å². The molecule has 0 aliphatic carbocycles. The molecule has 1 aliphatic rings. The summed E-state index contributed by atoms with van der Waals surface area (Å²) < 4.78 is 5.30. The molecule has 2 N–H and O–H groups in total. The normalized spacial score (nSPS) is 15.2. The standard InChI is InChI=1S/C17H25N3O3/c1-2-16(21)19-13-14-4-3-5-15(12-14)17(22)18-6-7-20-8-10-23-11-9-20/h3-5,12H,2,6-11,13H2,1H3,(H,18,22)(H,19,21). The number of benzene rings is 1. The van der Waals surface area contributed by atoms with Gasteiger partial charge in [-0.25, -0.2) is 0 Å². The maximum atomic E-state index is 12.2. The Kier molecular flexibility index (Phi) is 7.03. The van der Waals surface area contributed by atoms with Gasteiger partial charge in [0.1, 0.15) is 0 Å². The van der Waals surface area contributed by atoms with Crippen LogP contribution in [0.2, 0.25) is 0 Å². The maximum Gasteiger partial charge on any atom is 0.251 e. The molecule has 126 valence electrons. The van der Waals surface area contributed by atoms with Crippen LogP contribution in [0.4, 0.5) is 0 Å². The van der Waals surface area contributed by atoms with Crippen molar-refractivity contribution in [3.8, 4) is 0 Å². The Hall–Kier alpha value is -1.92. The van der Waals surface area contributed by atoms with E-state index in [2.05, 4.69) is 15.5 Å². The molecule has 0 atom stereocenters. The van der Waals surface area contributed by atoms with Gasteiger partial charge >= 0.3 is 0 Å². The monoisotopic (exact) mass is 319 g/mol. The Morgan fingerprint density at radius 3 is 2.74 bits per heavy atom. The quantitative estimate of drug-likeness (QED) is 0.779. The van der Waals surface area contributed by atoms with Gasteiger partial charge in [0.25, 0.3) is 5.91 Å². The highest BCUT2D eigenvalue weighted by molar-refractivity contribution is 5.94. The van der Waals surface area contributed by atoms with Crippen molar-refractivity contribution in [2.75, 3.05) is 39.4 Å².